The van der Waals surface area contributed by atoms with E-state index in [9.17, 15) is 9.59 Å². The molecule has 1 amide bonds. The molecular weight excluding hydrogens is 194 g/mol. The number of nitrogens with one attached hydrogen (secondary N) is 1. The highest BCUT2D eigenvalue weighted by atomic mass is 16.5. The van der Waals surface area contributed by atoms with Crippen LogP contribution in [0.5, 0.6) is 0 Å². The fourth-order valence-corrected chi connectivity index (χ4v) is 1.33. The zero-order valence-corrected chi connectivity index (χ0v) is 8.10. The Bertz CT molecular complexity index is 367. The molecule has 2 rings (SSSR count). The molecule has 4 nitrogen and oxygen atoms in total. The number of carbonyl (C=O) groups is 2. The van der Waals surface area contributed by atoms with Crippen molar-refractivity contribution in [3.8, 4) is 0 Å². The highest BCUT2D eigenvalue weighted by Crippen LogP contribution is 2.08. The van der Waals surface area contributed by atoms with Crippen LogP contribution in [0.1, 0.15) is 12.0 Å². The molecule has 1 N–H and O–H groups in total. The summed E-state index contributed by atoms with van der Waals surface area (Å²) in [6.07, 6.45) is 0.244. The molecule has 0 radical (unpaired) electrons. The van der Waals surface area contributed by atoms with Crippen LogP contribution in [0.3, 0.4) is 0 Å². The summed E-state index contributed by atoms with van der Waals surface area (Å²) in [5, 5.41) is 2.47. The summed E-state index contributed by atoms with van der Waals surface area (Å²) in [6, 6.07) is 8.99. The quantitative estimate of drug-likeness (QED) is 0.581. The van der Waals surface area contributed by atoms with Crippen LogP contribution in [-0.4, -0.2) is 17.9 Å². The van der Waals surface area contributed by atoms with Gasteiger partial charge in [-0.05, 0) is 5.56 Å². The number of esters is 1. The van der Waals surface area contributed by atoms with Gasteiger partial charge in [0.25, 0.3) is 0 Å². The predicted octanol–water partition coefficient (Wildman–Crippen LogP) is 0.618. The van der Waals surface area contributed by atoms with Crippen molar-refractivity contribution in [2.75, 3.05) is 0 Å². The summed E-state index contributed by atoms with van der Waals surface area (Å²) in [6.45, 7) is 0.256. The molecule has 1 saturated heterocycles. The third-order valence-electron chi connectivity index (χ3n) is 2.23. The average Bonchev–Trinajstić information content (AvgIpc) is 2.23. The standard InChI is InChI=1S/C11H11NO3/c13-10-6-9(12-10)11(14)15-7-8-4-2-1-3-5-8/h1-5,9H,6-7H2,(H,12,13)/t9-/m0/s1. The molecule has 0 aromatic heterocycles. The van der Waals surface area contributed by atoms with Gasteiger partial charge in [0.15, 0.2) is 0 Å². The zero-order valence-electron chi connectivity index (χ0n) is 8.10. The molecule has 78 valence electrons. The molecule has 1 aromatic rings. The lowest BCUT2D eigenvalue weighted by Gasteiger charge is -2.24. The van der Waals surface area contributed by atoms with E-state index in [-0.39, 0.29) is 24.9 Å². The van der Waals surface area contributed by atoms with E-state index in [4.69, 9.17) is 4.74 Å². The monoisotopic (exact) mass is 205 g/mol. The maximum atomic E-state index is 11.3. The number of β-lactam (4-membered cyclic amide) rings is 1. The summed E-state index contributed by atoms with van der Waals surface area (Å²) in [5.74, 6) is -0.463. The first-order chi connectivity index (χ1) is 7.25. The number of ether oxygens (including phenoxy) is 1. The minimum atomic E-state index is -0.443. The summed E-state index contributed by atoms with van der Waals surface area (Å²) in [7, 11) is 0. The van der Waals surface area contributed by atoms with E-state index in [1.165, 1.54) is 0 Å². The Kier molecular flexibility index (Phi) is 2.67. The van der Waals surface area contributed by atoms with E-state index in [0.717, 1.165) is 5.56 Å². The first-order valence-corrected chi connectivity index (χ1v) is 4.75. The minimum Gasteiger partial charge on any atom is -0.459 e. The van der Waals surface area contributed by atoms with Gasteiger partial charge in [-0.25, -0.2) is 4.79 Å². The highest BCUT2D eigenvalue weighted by molar-refractivity contribution is 5.94. The lowest BCUT2D eigenvalue weighted by Crippen LogP contribution is -2.53. The van der Waals surface area contributed by atoms with Gasteiger partial charge in [0, 0.05) is 0 Å². The van der Waals surface area contributed by atoms with Crippen LogP contribution in [0.2, 0.25) is 0 Å². The van der Waals surface area contributed by atoms with Crippen LogP contribution in [0.15, 0.2) is 30.3 Å². The van der Waals surface area contributed by atoms with Crippen LogP contribution < -0.4 is 5.32 Å². The first-order valence-electron chi connectivity index (χ1n) is 4.75. The van der Waals surface area contributed by atoms with Crippen molar-refractivity contribution in [2.24, 2.45) is 0 Å². The molecule has 15 heavy (non-hydrogen) atoms. The van der Waals surface area contributed by atoms with E-state index < -0.39 is 6.04 Å². The Morgan fingerprint density at radius 2 is 2.07 bits per heavy atom. The van der Waals surface area contributed by atoms with E-state index in [2.05, 4.69) is 5.32 Å². The molecule has 4 heteroatoms. The fourth-order valence-electron chi connectivity index (χ4n) is 1.33. The van der Waals surface area contributed by atoms with Crippen molar-refractivity contribution in [1.82, 2.24) is 5.32 Å². The third-order valence-corrected chi connectivity index (χ3v) is 2.23. The van der Waals surface area contributed by atoms with Gasteiger partial charge < -0.3 is 10.1 Å². The van der Waals surface area contributed by atoms with Crippen molar-refractivity contribution in [3.63, 3.8) is 0 Å². The second-order valence-corrected chi connectivity index (χ2v) is 3.42. The number of hydrogen-bond donors (Lipinski definition) is 1. The van der Waals surface area contributed by atoms with Crippen molar-refractivity contribution in [2.45, 2.75) is 19.1 Å². The molecule has 1 aromatic carbocycles. The molecule has 1 aliphatic rings. The number of hydrogen-bond acceptors (Lipinski definition) is 3. The summed E-state index contributed by atoms with van der Waals surface area (Å²) < 4.78 is 5.03. The minimum absolute atomic E-state index is 0.100. The van der Waals surface area contributed by atoms with Crippen molar-refractivity contribution in [3.05, 3.63) is 35.9 Å². The van der Waals surface area contributed by atoms with Gasteiger partial charge in [-0.3, -0.25) is 4.79 Å². The van der Waals surface area contributed by atoms with E-state index in [1.54, 1.807) is 0 Å². The van der Waals surface area contributed by atoms with Crippen molar-refractivity contribution < 1.29 is 14.3 Å². The Hall–Kier alpha value is -1.84. The van der Waals surface area contributed by atoms with E-state index in [1.807, 2.05) is 30.3 Å². The maximum absolute atomic E-state index is 11.3. The second kappa shape index (κ2) is 4.13. The fraction of sp³-hybridized carbons (Fsp3) is 0.273. The van der Waals surface area contributed by atoms with Crippen LogP contribution in [0, 0.1) is 0 Å². The van der Waals surface area contributed by atoms with Gasteiger partial charge in [0.2, 0.25) is 5.91 Å². The Balaban J connectivity index is 1.79. The Morgan fingerprint density at radius 1 is 1.40 bits per heavy atom. The number of carbonyl (C=O) groups excluding carboxylic acids is 2. The van der Waals surface area contributed by atoms with E-state index in [0.29, 0.717) is 0 Å². The first kappa shape index (κ1) is 9.71. The maximum Gasteiger partial charge on any atom is 0.329 e. The van der Waals surface area contributed by atoms with Gasteiger partial charge in [-0.15, -0.1) is 0 Å². The van der Waals surface area contributed by atoms with Crippen molar-refractivity contribution in [1.29, 1.82) is 0 Å². The topological polar surface area (TPSA) is 55.4 Å². The molecule has 0 bridgehead atoms. The van der Waals surface area contributed by atoms with Crippen molar-refractivity contribution >= 4 is 11.9 Å². The Morgan fingerprint density at radius 3 is 2.67 bits per heavy atom. The SMILES string of the molecule is O=C1C[C@@H](C(=O)OCc2ccccc2)N1. The number of benzene rings is 1. The van der Waals surface area contributed by atoms with Gasteiger partial charge in [-0.2, -0.15) is 0 Å². The molecule has 0 saturated carbocycles. The van der Waals surface area contributed by atoms with Gasteiger partial charge in [0.05, 0.1) is 6.42 Å². The largest absolute Gasteiger partial charge is 0.459 e. The van der Waals surface area contributed by atoms with Crippen LogP contribution in [0.25, 0.3) is 0 Å². The average molecular weight is 205 g/mol. The van der Waals surface area contributed by atoms with Gasteiger partial charge >= 0.3 is 5.97 Å². The molecule has 1 heterocycles. The second-order valence-electron chi connectivity index (χ2n) is 3.42. The molecule has 1 fully saturated rings. The number of rotatable bonds is 3. The lowest BCUT2D eigenvalue weighted by molar-refractivity contribution is -0.154. The van der Waals surface area contributed by atoms with Crippen LogP contribution >= 0.6 is 0 Å². The number of amides is 1. The molecule has 0 aliphatic carbocycles. The smallest absolute Gasteiger partial charge is 0.329 e. The van der Waals surface area contributed by atoms with Gasteiger partial charge in [-0.1, -0.05) is 30.3 Å². The third kappa shape index (κ3) is 2.34. The molecule has 1 atom stereocenters. The van der Waals surface area contributed by atoms with Crippen LogP contribution in [-0.2, 0) is 20.9 Å². The molecule has 1 aliphatic heterocycles. The summed E-state index contributed by atoms with van der Waals surface area (Å²) >= 11 is 0. The summed E-state index contributed by atoms with van der Waals surface area (Å²) in [5.41, 5.74) is 0.941. The highest BCUT2D eigenvalue weighted by Gasteiger charge is 2.32. The summed E-state index contributed by atoms with van der Waals surface area (Å²) in [4.78, 5) is 21.9. The van der Waals surface area contributed by atoms with E-state index >= 15 is 0 Å². The molecule has 0 spiro atoms. The van der Waals surface area contributed by atoms with Gasteiger partial charge in [0.1, 0.15) is 12.6 Å². The molecule has 0 unspecified atom stereocenters. The zero-order chi connectivity index (χ0) is 10.7. The Labute approximate surface area is 87.2 Å². The lowest BCUT2D eigenvalue weighted by atomic mass is 10.1. The molecular formula is C11H11NO3. The predicted molar refractivity (Wildman–Crippen MR) is 52.8 cm³/mol. The van der Waals surface area contributed by atoms with Crippen LogP contribution in [0.4, 0.5) is 0 Å². The normalized spacial score (nSPS) is 18.9.